The molecule has 4 aromatic rings. The molecule has 0 bridgehead atoms. The minimum Gasteiger partial charge on any atom is -0.497 e. The van der Waals surface area contributed by atoms with Crippen molar-refractivity contribution in [1.29, 1.82) is 0 Å². The van der Waals surface area contributed by atoms with Crippen molar-refractivity contribution in [2.45, 2.75) is 11.9 Å². The Morgan fingerprint density at radius 2 is 1.77 bits per heavy atom. The van der Waals surface area contributed by atoms with Gasteiger partial charge in [0.15, 0.2) is 5.82 Å². The van der Waals surface area contributed by atoms with Crippen LogP contribution in [0.1, 0.15) is 5.56 Å². The van der Waals surface area contributed by atoms with Crippen molar-refractivity contribution in [3.05, 3.63) is 78.4 Å². The van der Waals surface area contributed by atoms with Gasteiger partial charge in [0, 0.05) is 16.6 Å². The SMILES string of the molecule is COc1ccc(NC(=O)CSc2nc(-c3ccccc3)nc3ccc(C)cc23)cc1. The number of hydrogen-bond acceptors (Lipinski definition) is 5. The number of amides is 1. The number of anilines is 1. The van der Waals surface area contributed by atoms with Crippen LogP contribution in [0.4, 0.5) is 5.69 Å². The predicted molar refractivity (Wildman–Crippen MR) is 122 cm³/mol. The molecule has 0 saturated carbocycles. The molecule has 1 N–H and O–H groups in total. The number of nitrogens with zero attached hydrogens (tertiary/aromatic N) is 2. The van der Waals surface area contributed by atoms with Gasteiger partial charge in [-0.2, -0.15) is 0 Å². The van der Waals surface area contributed by atoms with Crippen LogP contribution in [0.3, 0.4) is 0 Å². The van der Waals surface area contributed by atoms with Gasteiger partial charge in [0.25, 0.3) is 0 Å². The first-order valence-corrected chi connectivity index (χ1v) is 10.5. The van der Waals surface area contributed by atoms with E-state index in [1.54, 1.807) is 7.11 Å². The summed E-state index contributed by atoms with van der Waals surface area (Å²) in [5.41, 5.74) is 3.68. The molecule has 0 aliphatic rings. The van der Waals surface area contributed by atoms with Gasteiger partial charge in [0.2, 0.25) is 5.91 Å². The highest BCUT2D eigenvalue weighted by Crippen LogP contribution is 2.29. The van der Waals surface area contributed by atoms with Gasteiger partial charge in [-0.05, 0) is 43.3 Å². The molecule has 150 valence electrons. The number of ether oxygens (including phenoxy) is 1. The maximum atomic E-state index is 12.5. The molecule has 0 atom stereocenters. The van der Waals surface area contributed by atoms with Crippen molar-refractivity contribution < 1.29 is 9.53 Å². The van der Waals surface area contributed by atoms with Gasteiger partial charge < -0.3 is 10.1 Å². The van der Waals surface area contributed by atoms with Crippen LogP contribution in [0, 0.1) is 6.92 Å². The lowest BCUT2D eigenvalue weighted by atomic mass is 10.1. The number of carbonyl (C=O) groups is 1. The van der Waals surface area contributed by atoms with E-state index in [9.17, 15) is 4.79 Å². The summed E-state index contributed by atoms with van der Waals surface area (Å²) in [5.74, 6) is 1.56. The van der Waals surface area contributed by atoms with Gasteiger partial charge >= 0.3 is 0 Å². The van der Waals surface area contributed by atoms with E-state index in [2.05, 4.69) is 11.4 Å². The van der Waals surface area contributed by atoms with Gasteiger partial charge in [-0.1, -0.05) is 53.7 Å². The Bertz CT molecular complexity index is 1180. The molecule has 4 rings (SSSR count). The number of carbonyl (C=O) groups excluding carboxylic acids is 1. The lowest BCUT2D eigenvalue weighted by Crippen LogP contribution is -2.14. The molecule has 0 radical (unpaired) electrons. The Balaban J connectivity index is 1.57. The Morgan fingerprint density at radius 1 is 1.00 bits per heavy atom. The number of methoxy groups -OCH3 is 1. The van der Waals surface area contributed by atoms with Crippen molar-refractivity contribution in [3.8, 4) is 17.1 Å². The van der Waals surface area contributed by atoms with Crippen LogP contribution in [0.15, 0.2) is 77.8 Å². The molecule has 0 aliphatic carbocycles. The summed E-state index contributed by atoms with van der Waals surface area (Å²) in [6.07, 6.45) is 0. The van der Waals surface area contributed by atoms with Crippen LogP contribution >= 0.6 is 11.8 Å². The number of fused-ring (bicyclic) bond motifs is 1. The number of rotatable bonds is 6. The molecule has 5 nitrogen and oxygen atoms in total. The molecule has 1 amide bonds. The summed E-state index contributed by atoms with van der Waals surface area (Å²) in [6, 6.07) is 23.2. The Hall–Kier alpha value is -3.38. The second-order valence-corrected chi connectivity index (χ2v) is 7.77. The summed E-state index contributed by atoms with van der Waals surface area (Å²) >= 11 is 1.41. The molecule has 6 heteroatoms. The summed E-state index contributed by atoms with van der Waals surface area (Å²) in [5, 5.41) is 4.66. The second-order valence-electron chi connectivity index (χ2n) is 6.80. The summed E-state index contributed by atoms with van der Waals surface area (Å²) in [4.78, 5) is 22.0. The Labute approximate surface area is 179 Å². The largest absolute Gasteiger partial charge is 0.497 e. The number of benzene rings is 3. The van der Waals surface area contributed by atoms with Crippen LogP contribution in [-0.2, 0) is 4.79 Å². The monoisotopic (exact) mass is 415 g/mol. The molecule has 1 aromatic heterocycles. The highest BCUT2D eigenvalue weighted by Gasteiger charge is 2.12. The fourth-order valence-electron chi connectivity index (χ4n) is 3.05. The first-order valence-electron chi connectivity index (χ1n) is 9.53. The van der Waals surface area contributed by atoms with E-state index >= 15 is 0 Å². The molecule has 3 aromatic carbocycles. The number of hydrogen-bond donors (Lipinski definition) is 1. The topological polar surface area (TPSA) is 64.1 Å². The van der Waals surface area contributed by atoms with Gasteiger partial charge in [-0.15, -0.1) is 0 Å². The minimum atomic E-state index is -0.0918. The molecule has 0 spiro atoms. The van der Waals surface area contributed by atoms with Crippen LogP contribution in [0.5, 0.6) is 5.75 Å². The minimum absolute atomic E-state index is 0.0918. The van der Waals surface area contributed by atoms with Gasteiger partial charge in [-0.25, -0.2) is 9.97 Å². The lowest BCUT2D eigenvalue weighted by molar-refractivity contribution is -0.113. The number of nitrogens with one attached hydrogen (secondary N) is 1. The zero-order valence-electron chi connectivity index (χ0n) is 16.8. The fraction of sp³-hybridized carbons (Fsp3) is 0.125. The average molecular weight is 416 g/mol. The predicted octanol–water partition coefficient (Wildman–Crippen LogP) is 5.34. The van der Waals surface area contributed by atoms with Crippen molar-refractivity contribution in [2.24, 2.45) is 0 Å². The van der Waals surface area contributed by atoms with E-state index in [0.29, 0.717) is 5.82 Å². The molecule has 1 heterocycles. The molecule has 0 aliphatic heterocycles. The summed E-state index contributed by atoms with van der Waals surface area (Å²) in [7, 11) is 1.61. The Morgan fingerprint density at radius 3 is 2.50 bits per heavy atom. The smallest absolute Gasteiger partial charge is 0.234 e. The van der Waals surface area contributed by atoms with Crippen LogP contribution in [0.2, 0.25) is 0 Å². The Kier molecular flexibility index (Phi) is 5.95. The van der Waals surface area contributed by atoms with E-state index in [0.717, 1.165) is 38.5 Å². The highest BCUT2D eigenvalue weighted by atomic mass is 32.2. The second kappa shape index (κ2) is 8.97. The molecule has 30 heavy (non-hydrogen) atoms. The lowest BCUT2D eigenvalue weighted by Gasteiger charge is -2.10. The van der Waals surface area contributed by atoms with E-state index in [4.69, 9.17) is 14.7 Å². The van der Waals surface area contributed by atoms with E-state index < -0.39 is 0 Å². The third-order valence-electron chi connectivity index (χ3n) is 4.56. The van der Waals surface area contributed by atoms with Crippen molar-refractivity contribution in [1.82, 2.24) is 9.97 Å². The van der Waals surface area contributed by atoms with Crippen LogP contribution < -0.4 is 10.1 Å². The number of thioether (sulfide) groups is 1. The number of aromatic nitrogens is 2. The third kappa shape index (κ3) is 4.60. The molecular weight excluding hydrogens is 394 g/mol. The maximum Gasteiger partial charge on any atom is 0.234 e. The summed E-state index contributed by atoms with van der Waals surface area (Å²) in [6.45, 7) is 2.04. The standard InChI is InChI=1S/C24H21N3O2S/c1-16-8-13-21-20(14-16)24(27-23(26-21)17-6-4-3-5-7-17)30-15-22(28)25-18-9-11-19(29-2)12-10-18/h3-14H,15H2,1-2H3,(H,25,28). The molecule has 0 saturated heterocycles. The fourth-order valence-corrected chi connectivity index (χ4v) is 3.86. The zero-order chi connectivity index (χ0) is 20.9. The highest BCUT2D eigenvalue weighted by molar-refractivity contribution is 8.00. The first-order chi connectivity index (χ1) is 14.6. The first kappa shape index (κ1) is 19.9. The van der Waals surface area contributed by atoms with Crippen molar-refractivity contribution >= 4 is 34.3 Å². The van der Waals surface area contributed by atoms with Crippen molar-refractivity contribution in [2.75, 3.05) is 18.2 Å². The van der Waals surface area contributed by atoms with Gasteiger partial charge in [-0.3, -0.25) is 4.79 Å². The molecule has 0 unspecified atom stereocenters. The molecule has 0 fully saturated rings. The van der Waals surface area contributed by atoms with Crippen LogP contribution in [-0.4, -0.2) is 28.7 Å². The summed E-state index contributed by atoms with van der Waals surface area (Å²) < 4.78 is 5.15. The zero-order valence-corrected chi connectivity index (χ0v) is 17.6. The van der Waals surface area contributed by atoms with E-state index in [1.165, 1.54) is 11.8 Å². The van der Waals surface area contributed by atoms with Crippen molar-refractivity contribution in [3.63, 3.8) is 0 Å². The third-order valence-corrected chi connectivity index (χ3v) is 5.55. The quantitative estimate of drug-likeness (QED) is 0.340. The molecular formula is C24H21N3O2S. The average Bonchev–Trinajstić information content (AvgIpc) is 2.78. The number of aryl methyl sites for hydroxylation is 1. The van der Waals surface area contributed by atoms with E-state index in [-0.39, 0.29) is 11.7 Å². The van der Waals surface area contributed by atoms with E-state index in [1.807, 2.05) is 73.7 Å². The maximum absolute atomic E-state index is 12.5. The van der Waals surface area contributed by atoms with Crippen LogP contribution in [0.25, 0.3) is 22.3 Å². The normalized spacial score (nSPS) is 10.7. The van der Waals surface area contributed by atoms with Gasteiger partial charge in [0.05, 0.1) is 18.4 Å². The van der Waals surface area contributed by atoms with Gasteiger partial charge in [0.1, 0.15) is 10.8 Å².